The first-order chi connectivity index (χ1) is 9.49. The van der Waals surface area contributed by atoms with Gasteiger partial charge in [0.2, 0.25) is 0 Å². The topological polar surface area (TPSA) is 94.6 Å². The van der Waals surface area contributed by atoms with Crippen LogP contribution in [0.5, 0.6) is 0 Å². The van der Waals surface area contributed by atoms with E-state index < -0.39 is 5.97 Å². The molecule has 0 aromatic carbocycles. The van der Waals surface area contributed by atoms with Crippen LogP contribution in [0.15, 0.2) is 0 Å². The largest absolute Gasteiger partial charge is 0.466 e. The fourth-order valence-corrected chi connectivity index (χ4v) is 2.25. The highest BCUT2D eigenvalue weighted by Gasteiger charge is 2.21. The minimum absolute atomic E-state index is 0.0105. The van der Waals surface area contributed by atoms with Crippen molar-refractivity contribution in [2.24, 2.45) is 0 Å². The van der Waals surface area contributed by atoms with Crippen LogP contribution in [0.25, 0.3) is 0 Å². The summed E-state index contributed by atoms with van der Waals surface area (Å²) in [6.45, 7) is 3.72. The Labute approximate surface area is 120 Å². The van der Waals surface area contributed by atoms with E-state index in [1.54, 1.807) is 6.92 Å². The van der Waals surface area contributed by atoms with E-state index in [9.17, 15) is 14.4 Å². The highest BCUT2D eigenvalue weighted by molar-refractivity contribution is 7.17. The van der Waals surface area contributed by atoms with Crippen molar-refractivity contribution in [3.8, 4) is 0 Å². The van der Waals surface area contributed by atoms with Gasteiger partial charge in [0.25, 0.3) is 0 Å². The molecule has 0 radical (unpaired) electrons. The lowest BCUT2D eigenvalue weighted by molar-refractivity contribution is -0.142. The monoisotopic (exact) mass is 300 g/mol. The van der Waals surface area contributed by atoms with Crippen molar-refractivity contribution >= 4 is 34.2 Å². The van der Waals surface area contributed by atoms with Crippen molar-refractivity contribution in [1.82, 2.24) is 4.98 Å². The third-order valence-corrected chi connectivity index (χ3v) is 3.35. The van der Waals surface area contributed by atoms with Crippen LogP contribution in [0.1, 0.15) is 40.4 Å². The van der Waals surface area contributed by atoms with Crippen LogP contribution in [0.4, 0.5) is 5.13 Å². The first kappa shape index (κ1) is 16.1. The van der Waals surface area contributed by atoms with Gasteiger partial charge in [0.15, 0.2) is 16.6 Å². The summed E-state index contributed by atoms with van der Waals surface area (Å²) >= 11 is 1.05. The average molecular weight is 300 g/mol. The highest BCUT2D eigenvalue weighted by atomic mass is 32.1. The molecule has 0 fully saturated rings. The molecule has 0 unspecified atom stereocenters. The maximum absolute atomic E-state index is 11.5. The van der Waals surface area contributed by atoms with Gasteiger partial charge in [0.05, 0.1) is 20.1 Å². The molecule has 8 heteroatoms. The first-order valence-electron chi connectivity index (χ1n) is 5.99. The van der Waals surface area contributed by atoms with Gasteiger partial charge < -0.3 is 14.8 Å². The van der Waals surface area contributed by atoms with E-state index in [1.165, 1.54) is 14.0 Å². The molecule has 1 rings (SSSR count). The lowest BCUT2D eigenvalue weighted by Gasteiger charge is -2.02. The lowest BCUT2D eigenvalue weighted by Crippen LogP contribution is -2.11. The molecule has 110 valence electrons. The molecule has 0 aliphatic heterocycles. The van der Waals surface area contributed by atoms with Gasteiger partial charge in [-0.25, -0.2) is 9.78 Å². The van der Waals surface area contributed by atoms with Crippen LogP contribution in [0, 0.1) is 0 Å². The number of carbonyl (C=O) groups excluding carboxylic acids is 3. The molecule has 0 aliphatic rings. The second-order valence-corrected chi connectivity index (χ2v) is 4.73. The number of Topliss-reactive ketones (excluding diaryl/α,β-unsaturated/α-hetero) is 1. The summed E-state index contributed by atoms with van der Waals surface area (Å²) in [4.78, 5) is 38.3. The summed E-state index contributed by atoms with van der Waals surface area (Å²) < 4.78 is 9.34. The van der Waals surface area contributed by atoms with Gasteiger partial charge in [-0.15, -0.1) is 0 Å². The summed E-state index contributed by atoms with van der Waals surface area (Å²) in [5.74, 6) is -1.25. The zero-order chi connectivity index (χ0) is 15.1. The highest BCUT2D eigenvalue weighted by Crippen LogP contribution is 2.24. The Bertz CT molecular complexity index is 512. The fraction of sp³-hybridized carbons (Fsp3) is 0.500. The van der Waals surface area contributed by atoms with Crippen LogP contribution >= 0.6 is 11.3 Å². The number of ether oxygens (including phenoxy) is 2. The Morgan fingerprint density at radius 3 is 2.60 bits per heavy atom. The van der Waals surface area contributed by atoms with E-state index in [0.29, 0.717) is 18.3 Å². The Hall–Kier alpha value is -1.96. The summed E-state index contributed by atoms with van der Waals surface area (Å²) in [7, 11) is 1.22. The second kappa shape index (κ2) is 7.59. The summed E-state index contributed by atoms with van der Waals surface area (Å²) in [5, 5.41) is 3.26. The molecule has 1 N–H and O–H groups in total. The van der Waals surface area contributed by atoms with Gasteiger partial charge in [-0.1, -0.05) is 11.3 Å². The van der Waals surface area contributed by atoms with E-state index in [0.717, 1.165) is 11.3 Å². The number of ketones is 1. The molecule has 0 aliphatic carbocycles. The molecule has 0 saturated carbocycles. The van der Waals surface area contributed by atoms with Crippen LogP contribution in [-0.2, 0) is 14.3 Å². The predicted molar refractivity (Wildman–Crippen MR) is 73.2 cm³/mol. The molecule has 0 amide bonds. The maximum Gasteiger partial charge on any atom is 0.358 e. The van der Waals surface area contributed by atoms with Crippen molar-refractivity contribution in [3.63, 3.8) is 0 Å². The molecule has 1 aromatic rings. The van der Waals surface area contributed by atoms with Gasteiger partial charge in [0, 0.05) is 13.5 Å². The number of nitrogens with zero attached hydrogens (tertiary/aromatic N) is 1. The summed E-state index contributed by atoms with van der Waals surface area (Å²) in [5.41, 5.74) is -0.0105. The normalized spacial score (nSPS) is 9.95. The van der Waals surface area contributed by atoms with Crippen LogP contribution in [0.3, 0.4) is 0 Å². The molecular formula is C12H16N2O5S. The number of anilines is 1. The Balaban J connectivity index is 2.70. The van der Waals surface area contributed by atoms with Crippen LogP contribution < -0.4 is 5.32 Å². The summed E-state index contributed by atoms with van der Waals surface area (Å²) in [6, 6.07) is 0. The van der Waals surface area contributed by atoms with E-state index in [-0.39, 0.29) is 28.7 Å². The number of rotatable bonds is 7. The first-order valence-corrected chi connectivity index (χ1v) is 6.80. The molecule has 0 spiro atoms. The van der Waals surface area contributed by atoms with Crippen LogP contribution in [-0.4, -0.2) is 43.0 Å². The zero-order valence-corrected chi connectivity index (χ0v) is 12.3. The SMILES string of the molecule is CCOC(=O)CCNc1nc(C(=O)OC)c(C(C)=O)s1. The molecular weight excluding hydrogens is 284 g/mol. The Kier molecular flexibility index (Phi) is 6.10. The molecule has 0 atom stereocenters. The van der Waals surface area contributed by atoms with E-state index in [1.807, 2.05) is 0 Å². The number of hydrogen-bond acceptors (Lipinski definition) is 8. The van der Waals surface area contributed by atoms with Gasteiger partial charge in [-0.2, -0.15) is 0 Å². The lowest BCUT2D eigenvalue weighted by atomic mass is 10.3. The van der Waals surface area contributed by atoms with Gasteiger partial charge in [-0.05, 0) is 6.92 Å². The number of carbonyl (C=O) groups is 3. The van der Waals surface area contributed by atoms with Gasteiger partial charge >= 0.3 is 11.9 Å². The molecule has 1 heterocycles. The average Bonchev–Trinajstić information content (AvgIpc) is 2.82. The number of esters is 2. The third kappa shape index (κ3) is 4.30. The van der Waals surface area contributed by atoms with E-state index in [2.05, 4.69) is 15.0 Å². The Morgan fingerprint density at radius 2 is 2.05 bits per heavy atom. The Morgan fingerprint density at radius 1 is 1.35 bits per heavy atom. The van der Waals surface area contributed by atoms with Gasteiger partial charge in [0.1, 0.15) is 4.88 Å². The van der Waals surface area contributed by atoms with Crippen molar-refractivity contribution in [2.75, 3.05) is 25.6 Å². The number of hydrogen-bond donors (Lipinski definition) is 1. The smallest absolute Gasteiger partial charge is 0.358 e. The van der Waals surface area contributed by atoms with Crippen LogP contribution in [0.2, 0.25) is 0 Å². The van der Waals surface area contributed by atoms with Crippen molar-refractivity contribution in [2.45, 2.75) is 20.3 Å². The minimum Gasteiger partial charge on any atom is -0.466 e. The molecule has 0 bridgehead atoms. The number of thiazole rings is 1. The number of aromatic nitrogens is 1. The molecule has 7 nitrogen and oxygen atoms in total. The fourth-order valence-electron chi connectivity index (χ4n) is 1.37. The second-order valence-electron chi connectivity index (χ2n) is 3.73. The standard InChI is InChI=1S/C12H16N2O5S/c1-4-19-8(16)5-6-13-12-14-9(11(17)18-3)10(20-12)7(2)15/h4-6H2,1-3H3,(H,13,14). The maximum atomic E-state index is 11.5. The number of methoxy groups -OCH3 is 1. The van der Waals surface area contributed by atoms with Crippen molar-refractivity contribution in [3.05, 3.63) is 10.6 Å². The van der Waals surface area contributed by atoms with Crippen molar-refractivity contribution < 1.29 is 23.9 Å². The van der Waals surface area contributed by atoms with Crippen molar-refractivity contribution in [1.29, 1.82) is 0 Å². The zero-order valence-electron chi connectivity index (χ0n) is 11.5. The minimum atomic E-state index is -0.662. The summed E-state index contributed by atoms with van der Waals surface area (Å²) in [6.07, 6.45) is 0.177. The van der Waals surface area contributed by atoms with E-state index in [4.69, 9.17) is 4.74 Å². The molecule has 1 aromatic heterocycles. The molecule has 20 heavy (non-hydrogen) atoms. The third-order valence-electron chi connectivity index (χ3n) is 2.24. The number of nitrogens with one attached hydrogen (secondary N) is 1. The predicted octanol–water partition coefficient (Wildman–Crippen LogP) is 1.50. The quantitative estimate of drug-likeness (QED) is 0.602. The molecule has 0 saturated heterocycles. The van der Waals surface area contributed by atoms with E-state index >= 15 is 0 Å². The van der Waals surface area contributed by atoms with Gasteiger partial charge in [-0.3, -0.25) is 9.59 Å².